The van der Waals surface area contributed by atoms with Gasteiger partial charge in [0.15, 0.2) is 11.6 Å². The molecule has 1 aromatic rings. The van der Waals surface area contributed by atoms with Gasteiger partial charge in [0, 0.05) is 20.2 Å². The second kappa shape index (κ2) is 8.23. The number of nitriles is 1. The van der Waals surface area contributed by atoms with Crippen molar-refractivity contribution < 1.29 is 18.3 Å². The van der Waals surface area contributed by atoms with Gasteiger partial charge in [-0.25, -0.2) is 8.78 Å². The Morgan fingerprint density at radius 1 is 1.35 bits per heavy atom. The molecule has 0 N–H and O–H groups in total. The van der Waals surface area contributed by atoms with Crippen molar-refractivity contribution in [3.05, 3.63) is 35.4 Å². The van der Waals surface area contributed by atoms with E-state index >= 15 is 0 Å². The fraction of sp³-hybridized carbons (Fsp3) is 0.429. The van der Waals surface area contributed by atoms with Crippen LogP contribution in [0.4, 0.5) is 8.78 Å². The highest BCUT2D eigenvalue weighted by Crippen LogP contribution is 2.10. The average Bonchev–Trinajstić information content (AvgIpc) is 2.43. The summed E-state index contributed by atoms with van der Waals surface area (Å²) in [5.74, 6) is -2.17. The lowest BCUT2D eigenvalue weighted by molar-refractivity contribution is -0.131. The van der Waals surface area contributed by atoms with Crippen LogP contribution >= 0.6 is 0 Å². The van der Waals surface area contributed by atoms with E-state index in [0.717, 1.165) is 12.1 Å². The zero-order valence-corrected chi connectivity index (χ0v) is 11.2. The fourth-order valence-electron chi connectivity index (χ4n) is 1.68. The van der Waals surface area contributed by atoms with Crippen molar-refractivity contribution >= 4 is 5.91 Å². The Morgan fingerprint density at radius 2 is 2.10 bits per heavy atom. The third kappa shape index (κ3) is 4.94. The number of hydrogen-bond acceptors (Lipinski definition) is 3. The summed E-state index contributed by atoms with van der Waals surface area (Å²) in [6, 6.07) is 5.33. The molecule has 0 saturated heterocycles. The topological polar surface area (TPSA) is 53.3 Å². The van der Waals surface area contributed by atoms with Gasteiger partial charge >= 0.3 is 0 Å². The van der Waals surface area contributed by atoms with E-state index in [1.807, 2.05) is 6.07 Å². The molecule has 108 valence electrons. The molecule has 0 radical (unpaired) electrons. The number of rotatable bonds is 7. The summed E-state index contributed by atoms with van der Waals surface area (Å²) in [6.07, 6.45) is 0.180. The first-order valence-electron chi connectivity index (χ1n) is 6.16. The molecular weight excluding hydrogens is 266 g/mol. The maximum absolute atomic E-state index is 13.1. The third-order valence-corrected chi connectivity index (χ3v) is 2.75. The molecule has 0 bridgehead atoms. The SMILES string of the molecule is COCCN(CCC#N)C(=O)Cc1ccc(F)c(F)c1. The van der Waals surface area contributed by atoms with Crippen LogP contribution in [-0.4, -0.2) is 37.6 Å². The van der Waals surface area contributed by atoms with Gasteiger partial charge in [-0.05, 0) is 17.7 Å². The Balaban J connectivity index is 2.68. The number of carbonyl (C=O) groups excluding carboxylic acids is 1. The lowest BCUT2D eigenvalue weighted by Crippen LogP contribution is -2.35. The van der Waals surface area contributed by atoms with Crippen molar-refractivity contribution in [2.75, 3.05) is 26.8 Å². The van der Waals surface area contributed by atoms with Gasteiger partial charge in [-0.2, -0.15) is 5.26 Å². The van der Waals surface area contributed by atoms with E-state index in [1.165, 1.54) is 18.1 Å². The van der Waals surface area contributed by atoms with Gasteiger partial charge in [-0.15, -0.1) is 0 Å². The monoisotopic (exact) mass is 282 g/mol. The van der Waals surface area contributed by atoms with Gasteiger partial charge in [0.1, 0.15) is 0 Å². The molecule has 0 aromatic heterocycles. The molecule has 0 atom stereocenters. The third-order valence-electron chi connectivity index (χ3n) is 2.75. The number of halogens is 2. The number of hydrogen-bond donors (Lipinski definition) is 0. The number of methoxy groups -OCH3 is 1. The molecule has 20 heavy (non-hydrogen) atoms. The van der Waals surface area contributed by atoms with Gasteiger partial charge in [0.05, 0.1) is 25.5 Å². The standard InChI is InChI=1S/C14H16F2N2O2/c1-20-8-7-18(6-2-5-17)14(19)10-11-3-4-12(15)13(16)9-11/h3-4,9H,2,6-8,10H2,1H3. The second-order valence-corrected chi connectivity index (χ2v) is 4.21. The largest absolute Gasteiger partial charge is 0.383 e. The lowest BCUT2D eigenvalue weighted by Gasteiger charge is -2.21. The minimum Gasteiger partial charge on any atom is -0.383 e. The highest BCUT2D eigenvalue weighted by molar-refractivity contribution is 5.78. The van der Waals surface area contributed by atoms with Crippen LogP contribution in [0.5, 0.6) is 0 Å². The minimum absolute atomic E-state index is 0.0354. The molecule has 0 saturated carbocycles. The van der Waals surface area contributed by atoms with E-state index in [1.54, 1.807) is 0 Å². The highest BCUT2D eigenvalue weighted by Gasteiger charge is 2.14. The van der Waals surface area contributed by atoms with E-state index in [9.17, 15) is 13.6 Å². The average molecular weight is 282 g/mol. The molecule has 1 rings (SSSR count). The predicted molar refractivity (Wildman–Crippen MR) is 68.7 cm³/mol. The summed E-state index contributed by atoms with van der Waals surface area (Å²) in [4.78, 5) is 13.5. The zero-order valence-electron chi connectivity index (χ0n) is 11.2. The van der Waals surface area contributed by atoms with Crippen LogP contribution in [0.25, 0.3) is 0 Å². The number of benzene rings is 1. The quantitative estimate of drug-likeness (QED) is 0.767. The van der Waals surface area contributed by atoms with Crippen LogP contribution in [0.3, 0.4) is 0 Å². The van der Waals surface area contributed by atoms with Gasteiger partial charge in [-0.3, -0.25) is 4.79 Å². The molecule has 0 aliphatic carbocycles. The van der Waals surface area contributed by atoms with E-state index < -0.39 is 11.6 Å². The van der Waals surface area contributed by atoms with Crippen LogP contribution in [0.15, 0.2) is 18.2 Å². The summed E-state index contributed by atoms with van der Waals surface area (Å²) in [5, 5.41) is 8.57. The summed E-state index contributed by atoms with van der Waals surface area (Å²) >= 11 is 0. The van der Waals surface area contributed by atoms with Crippen molar-refractivity contribution in [2.45, 2.75) is 12.8 Å². The van der Waals surface area contributed by atoms with Gasteiger partial charge in [0.2, 0.25) is 5.91 Å². The first kappa shape index (κ1) is 16.1. The van der Waals surface area contributed by atoms with Gasteiger partial charge < -0.3 is 9.64 Å². The Hall–Kier alpha value is -2.00. The van der Waals surface area contributed by atoms with Crippen molar-refractivity contribution in [1.82, 2.24) is 4.90 Å². The molecule has 0 heterocycles. The fourth-order valence-corrected chi connectivity index (χ4v) is 1.68. The maximum atomic E-state index is 13.1. The normalized spacial score (nSPS) is 10.1. The van der Waals surface area contributed by atoms with Gasteiger partial charge in [0.25, 0.3) is 0 Å². The Bertz CT molecular complexity index is 500. The smallest absolute Gasteiger partial charge is 0.227 e. The summed E-state index contributed by atoms with van der Waals surface area (Å²) in [5.41, 5.74) is 0.397. The predicted octanol–water partition coefficient (Wildman–Crippen LogP) is 1.90. The van der Waals surface area contributed by atoms with E-state index in [4.69, 9.17) is 10.00 Å². The molecule has 1 aromatic carbocycles. The van der Waals surface area contributed by atoms with Crippen LogP contribution < -0.4 is 0 Å². The number of carbonyl (C=O) groups is 1. The maximum Gasteiger partial charge on any atom is 0.227 e. The Labute approximate surface area is 116 Å². The summed E-state index contributed by atoms with van der Waals surface area (Å²) in [6.45, 7) is 1.01. The first-order valence-corrected chi connectivity index (χ1v) is 6.16. The van der Waals surface area contributed by atoms with E-state index in [2.05, 4.69) is 0 Å². The molecular formula is C14H16F2N2O2. The number of amides is 1. The van der Waals surface area contributed by atoms with Crippen molar-refractivity contribution in [3.8, 4) is 6.07 Å². The first-order chi connectivity index (χ1) is 9.58. The second-order valence-electron chi connectivity index (χ2n) is 4.21. The molecule has 0 fully saturated rings. The Morgan fingerprint density at radius 3 is 2.70 bits per heavy atom. The van der Waals surface area contributed by atoms with Crippen molar-refractivity contribution in [2.24, 2.45) is 0 Å². The molecule has 0 aliphatic rings. The van der Waals surface area contributed by atoms with Gasteiger partial charge in [-0.1, -0.05) is 6.07 Å². The van der Waals surface area contributed by atoms with Crippen LogP contribution in [0, 0.1) is 23.0 Å². The lowest BCUT2D eigenvalue weighted by atomic mass is 10.1. The molecule has 0 aliphatic heterocycles. The summed E-state index contributed by atoms with van der Waals surface area (Å²) < 4.78 is 30.8. The molecule has 4 nitrogen and oxygen atoms in total. The van der Waals surface area contributed by atoms with E-state index in [-0.39, 0.29) is 18.7 Å². The number of ether oxygens (including phenoxy) is 1. The van der Waals surface area contributed by atoms with E-state index in [0.29, 0.717) is 25.3 Å². The molecule has 1 amide bonds. The minimum atomic E-state index is -0.976. The van der Waals surface area contributed by atoms with Crippen molar-refractivity contribution in [1.29, 1.82) is 5.26 Å². The van der Waals surface area contributed by atoms with Crippen LogP contribution in [-0.2, 0) is 16.0 Å². The number of nitrogens with zero attached hydrogens (tertiary/aromatic N) is 2. The van der Waals surface area contributed by atoms with Crippen LogP contribution in [0.2, 0.25) is 0 Å². The highest BCUT2D eigenvalue weighted by atomic mass is 19.2. The molecule has 0 spiro atoms. The van der Waals surface area contributed by atoms with Crippen molar-refractivity contribution in [3.63, 3.8) is 0 Å². The summed E-state index contributed by atoms with van der Waals surface area (Å²) in [7, 11) is 1.52. The molecule has 0 unspecified atom stereocenters. The van der Waals surface area contributed by atoms with Crippen LogP contribution in [0.1, 0.15) is 12.0 Å². The molecule has 6 heteroatoms. The Kier molecular flexibility index (Phi) is 6.60. The zero-order chi connectivity index (χ0) is 15.0.